The van der Waals surface area contributed by atoms with E-state index in [1.54, 1.807) is 0 Å². The third-order valence-electron chi connectivity index (χ3n) is 5.89. The van der Waals surface area contributed by atoms with Gasteiger partial charge in [-0.2, -0.15) is 0 Å². The molecule has 150 valence electrons. The summed E-state index contributed by atoms with van der Waals surface area (Å²) in [5.41, 5.74) is 0.109. The van der Waals surface area contributed by atoms with Crippen LogP contribution in [0.5, 0.6) is 0 Å². The molecule has 3 atom stereocenters. The molecule has 0 aromatic heterocycles. The summed E-state index contributed by atoms with van der Waals surface area (Å²) < 4.78 is 13.6. The molecule has 3 fully saturated rings. The maximum absolute atomic E-state index is 10.1. The Hall–Kier alpha value is 0.320. The number of hydrogen-bond donors (Lipinski definition) is 1. The van der Waals surface area contributed by atoms with Crippen LogP contribution in [0.25, 0.3) is 0 Å². The van der Waals surface area contributed by atoms with Crippen molar-refractivity contribution in [1.82, 2.24) is 0 Å². The standard InChI is InChI=1S/C21H36O3S2/c1-4-5-17(22)7-6-16-10-11-21(23-14-20(2,3)15-24-21)18(16)8-9-19-25-12-13-26-19/h6-7,16-19,22H,4-5,8-15H2,1-3H3/t16-,17?,18+/m0/s1. The van der Waals surface area contributed by atoms with Gasteiger partial charge < -0.3 is 14.6 Å². The van der Waals surface area contributed by atoms with Crippen LogP contribution >= 0.6 is 23.5 Å². The molecule has 1 spiro atoms. The molecular weight excluding hydrogens is 364 g/mol. The van der Waals surface area contributed by atoms with Gasteiger partial charge in [-0.25, -0.2) is 0 Å². The average molecular weight is 401 g/mol. The summed E-state index contributed by atoms with van der Waals surface area (Å²) in [6, 6.07) is 0. The van der Waals surface area contributed by atoms with Crippen molar-refractivity contribution in [3.63, 3.8) is 0 Å². The van der Waals surface area contributed by atoms with E-state index in [2.05, 4.69) is 50.4 Å². The summed E-state index contributed by atoms with van der Waals surface area (Å²) in [5.74, 6) is 3.05. The topological polar surface area (TPSA) is 38.7 Å². The molecule has 0 radical (unpaired) electrons. The van der Waals surface area contributed by atoms with Crippen molar-refractivity contribution < 1.29 is 14.6 Å². The molecular formula is C21H36O3S2. The summed E-state index contributed by atoms with van der Waals surface area (Å²) in [5, 5.41) is 10.1. The van der Waals surface area contributed by atoms with Crippen molar-refractivity contribution in [2.45, 2.75) is 75.8 Å². The molecule has 26 heavy (non-hydrogen) atoms. The lowest BCUT2D eigenvalue weighted by atomic mass is 9.86. The Morgan fingerprint density at radius 2 is 1.85 bits per heavy atom. The van der Waals surface area contributed by atoms with Gasteiger partial charge in [-0.05, 0) is 31.6 Å². The van der Waals surface area contributed by atoms with Crippen LogP contribution in [0.1, 0.15) is 59.3 Å². The Kier molecular flexibility index (Phi) is 7.45. The average Bonchev–Trinajstić information content (AvgIpc) is 3.23. The third-order valence-corrected chi connectivity index (χ3v) is 9.06. The summed E-state index contributed by atoms with van der Waals surface area (Å²) in [6.45, 7) is 8.12. The Morgan fingerprint density at radius 1 is 1.15 bits per heavy atom. The van der Waals surface area contributed by atoms with Gasteiger partial charge in [-0.3, -0.25) is 0 Å². The van der Waals surface area contributed by atoms with E-state index in [-0.39, 0.29) is 11.5 Å². The predicted octanol–water partition coefficient (Wildman–Crippen LogP) is 5.09. The van der Waals surface area contributed by atoms with E-state index in [0.717, 1.165) is 49.9 Å². The normalized spacial score (nSPS) is 32.6. The molecule has 0 amide bonds. The van der Waals surface area contributed by atoms with Crippen LogP contribution < -0.4 is 0 Å². The number of aliphatic hydroxyl groups is 1. The van der Waals surface area contributed by atoms with E-state index in [1.807, 2.05) is 6.08 Å². The highest BCUT2D eigenvalue weighted by molar-refractivity contribution is 8.20. The van der Waals surface area contributed by atoms with Crippen molar-refractivity contribution in [3.8, 4) is 0 Å². The molecule has 2 aliphatic heterocycles. The molecule has 1 N–H and O–H groups in total. The fraction of sp³-hybridized carbons (Fsp3) is 0.905. The summed E-state index contributed by atoms with van der Waals surface area (Å²) >= 11 is 4.22. The molecule has 2 heterocycles. The predicted molar refractivity (Wildman–Crippen MR) is 113 cm³/mol. The maximum Gasteiger partial charge on any atom is 0.171 e. The second-order valence-electron chi connectivity index (χ2n) is 8.85. The van der Waals surface area contributed by atoms with Crippen LogP contribution in [0.3, 0.4) is 0 Å². The lowest BCUT2D eigenvalue weighted by Crippen LogP contribution is -2.50. The minimum Gasteiger partial charge on any atom is -0.389 e. The van der Waals surface area contributed by atoms with E-state index < -0.39 is 5.79 Å². The molecule has 2 saturated heterocycles. The fourth-order valence-corrected chi connectivity index (χ4v) is 7.24. The van der Waals surface area contributed by atoms with Crippen LogP contribution in [-0.2, 0) is 9.47 Å². The highest BCUT2D eigenvalue weighted by Gasteiger charge is 2.52. The lowest BCUT2D eigenvalue weighted by molar-refractivity contribution is -0.316. The zero-order chi connectivity index (χ0) is 18.6. The third kappa shape index (κ3) is 5.22. The molecule has 1 unspecified atom stereocenters. The van der Waals surface area contributed by atoms with Crippen LogP contribution in [0.15, 0.2) is 12.2 Å². The first kappa shape index (κ1) is 21.0. The molecule has 0 aromatic rings. The van der Waals surface area contributed by atoms with E-state index in [9.17, 15) is 5.11 Å². The minimum atomic E-state index is -0.395. The van der Waals surface area contributed by atoms with E-state index >= 15 is 0 Å². The largest absolute Gasteiger partial charge is 0.389 e. The van der Waals surface area contributed by atoms with Crippen molar-refractivity contribution in [2.24, 2.45) is 17.3 Å². The maximum atomic E-state index is 10.1. The fourth-order valence-electron chi connectivity index (χ4n) is 4.37. The van der Waals surface area contributed by atoms with Crippen LogP contribution in [-0.4, -0.2) is 46.3 Å². The van der Waals surface area contributed by atoms with Crippen molar-refractivity contribution in [1.29, 1.82) is 0 Å². The summed E-state index contributed by atoms with van der Waals surface area (Å²) in [7, 11) is 0. The molecule has 1 aliphatic carbocycles. The SMILES string of the molecule is CCCC(O)C=C[C@H]1CCC2(OCC(C)(C)CO2)[C@@H]1CCC1SCCS1. The molecule has 3 nitrogen and oxygen atoms in total. The molecule has 1 saturated carbocycles. The Morgan fingerprint density at radius 3 is 2.50 bits per heavy atom. The molecule has 0 aromatic carbocycles. The van der Waals surface area contributed by atoms with Gasteiger partial charge in [0.25, 0.3) is 0 Å². The first-order valence-corrected chi connectivity index (χ1v) is 12.4. The van der Waals surface area contributed by atoms with E-state index in [4.69, 9.17) is 9.47 Å². The zero-order valence-electron chi connectivity index (χ0n) is 16.6. The van der Waals surface area contributed by atoms with Crippen LogP contribution in [0.4, 0.5) is 0 Å². The number of hydrogen-bond acceptors (Lipinski definition) is 5. The van der Waals surface area contributed by atoms with E-state index in [1.165, 1.54) is 17.9 Å². The zero-order valence-corrected chi connectivity index (χ0v) is 18.2. The second kappa shape index (κ2) is 9.21. The number of aliphatic hydroxyl groups excluding tert-OH is 1. The van der Waals surface area contributed by atoms with Crippen molar-refractivity contribution in [3.05, 3.63) is 12.2 Å². The molecule has 0 bridgehead atoms. The highest BCUT2D eigenvalue weighted by Crippen LogP contribution is 2.51. The number of thioether (sulfide) groups is 2. The summed E-state index contributed by atoms with van der Waals surface area (Å²) in [4.78, 5) is 0. The van der Waals surface area contributed by atoms with Gasteiger partial charge in [0.1, 0.15) is 0 Å². The van der Waals surface area contributed by atoms with Crippen molar-refractivity contribution in [2.75, 3.05) is 24.7 Å². The minimum absolute atomic E-state index is 0.109. The Labute approximate surface area is 168 Å². The lowest BCUT2D eigenvalue weighted by Gasteiger charge is -2.45. The molecule has 3 rings (SSSR count). The van der Waals surface area contributed by atoms with Gasteiger partial charge in [-0.15, -0.1) is 23.5 Å². The van der Waals surface area contributed by atoms with Gasteiger partial charge >= 0.3 is 0 Å². The number of rotatable bonds is 7. The molecule has 3 aliphatic rings. The first-order valence-electron chi connectivity index (χ1n) is 10.3. The van der Waals surface area contributed by atoms with Gasteiger partial charge in [-0.1, -0.05) is 39.3 Å². The molecule has 5 heteroatoms. The smallest absolute Gasteiger partial charge is 0.171 e. The summed E-state index contributed by atoms with van der Waals surface area (Å²) in [6.07, 6.45) is 10.3. The quantitative estimate of drug-likeness (QED) is 0.603. The van der Waals surface area contributed by atoms with Crippen molar-refractivity contribution >= 4 is 23.5 Å². The van der Waals surface area contributed by atoms with Gasteiger partial charge in [0.15, 0.2) is 5.79 Å². The van der Waals surface area contributed by atoms with Gasteiger partial charge in [0, 0.05) is 29.3 Å². The number of ether oxygens (including phenoxy) is 2. The van der Waals surface area contributed by atoms with Crippen LogP contribution in [0, 0.1) is 17.3 Å². The van der Waals surface area contributed by atoms with Crippen LogP contribution in [0.2, 0.25) is 0 Å². The second-order valence-corrected chi connectivity index (χ2v) is 11.8. The van der Waals surface area contributed by atoms with Gasteiger partial charge in [0.05, 0.1) is 23.9 Å². The highest BCUT2D eigenvalue weighted by atomic mass is 32.2. The first-order chi connectivity index (χ1) is 12.4. The Balaban J connectivity index is 1.67. The Bertz CT molecular complexity index is 464. The monoisotopic (exact) mass is 400 g/mol. The van der Waals surface area contributed by atoms with Gasteiger partial charge in [0.2, 0.25) is 0 Å². The number of allylic oxidation sites excluding steroid dienone is 1. The van der Waals surface area contributed by atoms with E-state index in [0.29, 0.717) is 11.8 Å².